The Hall–Kier alpha value is -3.81. The van der Waals surface area contributed by atoms with Crippen LogP contribution in [-0.2, 0) is 16.0 Å². The number of pyridine rings is 2. The molecule has 5 heterocycles. The molecule has 1 unspecified atom stereocenters. The lowest BCUT2D eigenvalue weighted by atomic mass is 10.0. The molecule has 0 saturated carbocycles. The molecular formula is C27H25FN4O3. The minimum atomic E-state index is -0.409. The van der Waals surface area contributed by atoms with Gasteiger partial charge < -0.3 is 14.5 Å². The number of hydrogen-bond donors (Lipinski definition) is 0. The van der Waals surface area contributed by atoms with E-state index in [9.17, 15) is 14.0 Å². The van der Waals surface area contributed by atoms with Crippen LogP contribution in [-0.4, -0.2) is 41.0 Å². The molecule has 1 aromatic carbocycles. The maximum Gasteiger partial charge on any atom is 0.238 e. The van der Waals surface area contributed by atoms with Crippen molar-refractivity contribution in [2.45, 2.75) is 38.6 Å². The van der Waals surface area contributed by atoms with Crippen LogP contribution in [0.25, 0.3) is 11.1 Å². The van der Waals surface area contributed by atoms with Gasteiger partial charge in [-0.15, -0.1) is 0 Å². The highest BCUT2D eigenvalue weighted by Gasteiger charge is 2.42. The van der Waals surface area contributed by atoms with Crippen molar-refractivity contribution in [1.82, 2.24) is 9.97 Å². The Morgan fingerprint density at radius 1 is 1.06 bits per heavy atom. The summed E-state index contributed by atoms with van der Waals surface area (Å²) in [6.45, 7) is 2.99. The molecule has 2 aromatic heterocycles. The Bertz CT molecular complexity index is 1330. The minimum Gasteiger partial charge on any atom is -0.474 e. The topological polar surface area (TPSA) is 75.6 Å². The van der Waals surface area contributed by atoms with Crippen molar-refractivity contribution in [3.63, 3.8) is 0 Å². The third-order valence-corrected chi connectivity index (χ3v) is 7.07. The van der Waals surface area contributed by atoms with E-state index in [1.54, 1.807) is 18.5 Å². The van der Waals surface area contributed by atoms with Crippen molar-refractivity contribution in [2.75, 3.05) is 23.0 Å². The summed E-state index contributed by atoms with van der Waals surface area (Å²) in [5.41, 5.74) is 4.34. The summed E-state index contributed by atoms with van der Waals surface area (Å²) in [5.74, 6) is 0.158. The van der Waals surface area contributed by atoms with E-state index in [4.69, 9.17) is 4.74 Å². The number of anilines is 2. The molecule has 8 heteroatoms. The van der Waals surface area contributed by atoms with E-state index in [1.807, 2.05) is 36.1 Å². The maximum absolute atomic E-state index is 14.8. The lowest BCUT2D eigenvalue weighted by Crippen LogP contribution is -2.41. The Morgan fingerprint density at radius 3 is 2.66 bits per heavy atom. The molecule has 3 aliphatic rings. The second-order valence-corrected chi connectivity index (χ2v) is 9.51. The number of carbonyl (C=O) groups is 2. The number of ether oxygens (including phenoxy) is 1. The molecule has 3 aromatic rings. The van der Waals surface area contributed by atoms with Crippen LogP contribution in [0.1, 0.15) is 37.4 Å². The van der Waals surface area contributed by atoms with Gasteiger partial charge in [0, 0.05) is 49.0 Å². The number of aromatic nitrogens is 2. The number of rotatable bonds is 4. The van der Waals surface area contributed by atoms with Gasteiger partial charge in [-0.05, 0) is 48.2 Å². The van der Waals surface area contributed by atoms with Crippen LogP contribution in [0.15, 0.2) is 48.8 Å². The molecule has 0 bridgehead atoms. The van der Waals surface area contributed by atoms with Gasteiger partial charge in [-0.3, -0.25) is 14.6 Å². The van der Waals surface area contributed by atoms with Gasteiger partial charge in [0.05, 0.1) is 11.7 Å². The van der Waals surface area contributed by atoms with Crippen molar-refractivity contribution in [1.29, 1.82) is 0 Å². The number of nitrogens with zero attached hydrogens (tertiary/aromatic N) is 4. The zero-order valence-electron chi connectivity index (χ0n) is 19.4. The van der Waals surface area contributed by atoms with Crippen LogP contribution in [0.5, 0.6) is 5.88 Å². The summed E-state index contributed by atoms with van der Waals surface area (Å²) in [5, 5.41) is 0. The summed E-state index contributed by atoms with van der Waals surface area (Å²) < 4.78 is 20.5. The third kappa shape index (κ3) is 3.83. The zero-order chi connectivity index (χ0) is 24.1. The van der Waals surface area contributed by atoms with Gasteiger partial charge in [-0.1, -0.05) is 19.1 Å². The van der Waals surface area contributed by atoms with Gasteiger partial charge in [0.25, 0.3) is 0 Å². The fourth-order valence-electron chi connectivity index (χ4n) is 5.24. The van der Waals surface area contributed by atoms with Crippen molar-refractivity contribution >= 4 is 23.2 Å². The Labute approximate surface area is 202 Å². The molecule has 35 heavy (non-hydrogen) atoms. The zero-order valence-corrected chi connectivity index (χ0v) is 19.4. The van der Waals surface area contributed by atoms with Gasteiger partial charge in [0.2, 0.25) is 17.7 Å². The maximum atomic E-state index is 14.8. The largest absolute Gasteiger partial charge is 0.474 e. The molecule has 0 N–H and O–H groups in total. The monoisotopic (exact) mass is 472 g/mol. The molecule has 0 radical (unpaired) electrons. The van der Waals surface area contributed by atoms with Gasteiger partial charge in [0.15, 0.2) is 0 Å². The van der Waals surface area contributed by atoms with Gasteiger partial charge >= 0.3 is 0 Å². The van der Waals surface area contributed by atoms with E-state index in [0.29, 0.717) is 43.1 Å². The summed E-state index contributed by atoms with van der Waals surface area (Å²) in [7, 11) is 0. The Kier molecular flexibility index (Phi) is 5.24. The normalized spacial score (nSPS) is 21.2. The highest BCUT2D eigenvalue weighted by Crippen LogP contribution is 2.39. The van der Waals surface area contributed by atoms with Crippen molar-refractivity contribution in [3.8, 4) is 17.0 Å². The molecular weight excluding hydrogens is 447 g/mol. The quantitative estimate of drug-likeness (QED) is 0.571. The number of hydrogen-bond acceptors (Lipinski definition) is 5. The molecule has 3 aliphatic heterocycles. The van der Waals surface area contributed by atoms with Crippen LogP contribution in [0.2, 0.25) is 0 Å². The number of benzene rings is 1. The van der Waals surface area contributed by atoms with Crippen LogP contribution < -0.4 is 14.5 Å². The molecule has 2 fully saturated rings. The fourth-order valence-corrected chi connectivity index (χ4v) is 5.24. The van der Waals surface area contributed by atoms with Crippen LogP contribution >= 0.6 is 0 Å². The van der Waals surface area contributed by atoms with E-state index in [0.717, 1.165) is 35.3 Å². The number of fused-ring (bicyclic) bond motifs is 3. The SMILES string of the molecule is CC1C[C@H]2COc3ncc(Cc4ccc(-c5ccc(N6CCCC6=O)c(F)c5)cn4)cc3N2C1=O. The van der Waals surface area contributed by atoms with Gasteiger partial charge in [-0.25, -0.2) is 9.37 Å². The van der Waals surface area contributed by atoms with E-state index >= 15 is 0 Å². The van der Waals surface area contributed by atoms with Crippen molar-refractivity contribution in [2.24, 2.45) is 5.92 Å². The molecule has 2 amide bonds. The summed E-state index contributed by atoms with van der Waals surface area (Å²) in [6, 6.07) is 10.8. The molecule has 7 nitrogen and oxygen atoms in total. The smallest absolute Gasteiger partial charge is 0.238 e. The molecule has 6 rings (SSSR count). The predicted octanol–water partition coefficient (Wildman–Crippen LogP) is 4.13. The summed E-state index contributed by atoms with van der Waals surface area (Å²) in [6.07, 6.45) is 6.04. The second kappa shape index (κ2) is 8.45. The van der Waals surface area contributed by atoms with Gasteiger partial charge in [0.1, 0.15) is 18.1 Å². The van der Waals surface area contributed by atoms with Crippen LogP contribution in [0.4, 0.5) is 15.8 Å². The van der Waals surface area contributed by atoms with Crippen molar-refractivity contribution < 1.29 is 18.7 Å². The lowest BCUT2D eigenvalue weighted by Gasteiger charge is -2.31. The highest BCUT2D eigenvalue weighted by atomic mass is 19.1. The molecule has 2 saturated heterocycles. The first kappa shape index (κ1) is 21.7. The van der Waals surface area contributed by atoms with E-state index < -0.39 is 5.82 Å². The number of amides is 2. The first-order valence-corrected chi connectivity index (χ1v) is 12.0. The van der Waals surface area contributed by atoms with Crippen LogP contribution in [0.3, 0.4) is 0 Å². The average Bonchev–Trinajstić information content (AvgIpc) is 3.41. The minimum absolute atomic E-state index is 0.0119. The first-order valence-electron chi connectivity index (χ1n) is 12.0. The first-order chi connectivity index (χ1) is 17.0. The van der Waals surface area contributed by atoms with E-state index in [2.05, 4.69) is 9.97 Å². The summed E-state index contributed by atoms with van der Waals surface area (Å²) >= 11 is 0. The van der Waals surface area contributed by atoms with E-state index in [-0.39, 0.29) is 23.8 Å². The Morgan fingerprint density at radius 2 is 1.91 bits per heavy atom. The standard InChI is InChI=1S/C27H25FN4O3/c1-16-9-21-15-35-26-24(32(21)27(16)34)11-17(13-30-26)10-20-6-4-19(14-29-20)18-5-7-23(22(28)12-18)31-8-2-3-25(31)33/h4-7,11-14,16,21H,2-3,8-10,15H2,1H3/t16?,21-/m0/s1. The lowest BCUT2D eigenvalue weighted by molar-refractivity contribution is -0.120. The number of carbonyl (C=O) groups excluding carboxylic acids is 2. The summed E-state index contributed by atoms with van der Waals surface area (Å²) in [4.78, 5) is 37.0. The number of halogens is 1. The van der Waals surface area contributed by atoms with Gasteiger partial charge in [-0.2, -0.15) is 0 Å². The second-order valence-electron chi connectivity index (χ2n) is 9.51. The van der Waals surface area contributed by atoms with Crippen LogP contribution in [0, 0.1) is 11.7 Å². The average molecular weight is 473 g/mol. The van der Waals surface area contributed by atoms with Crippen molar-refractivity contribution in [3.05, 3.63) is 65.9 Å². The molecule has 178 valence electrons. The Balaban J connectivity index is 1.20. The predicted molar refractivity (Wildman–Crippen MR) is 129 cm³/mol. The molecule has 0 spiro atoms. The third-order valence-electron chi connectivity index (χ3n) is 7.07. The highest BCUT2D eigenvalue weighted by molar-refractivity contribution is 5.99. The molecule has 0 aliphatic carbocycles. The molecule has 2 atom stereocenters. The fraction of sp³-hybridized carbons (Fsp3) is 0.333. The van der Waals surface area contributed by atoms with E-state index in [1.165, 1.54) is 11.0 Å².